The number of rotatable bonds is 5. The summed E-state index contributed by atoms with van der Waals surface area (Å²) in [5.74, 6) is 0.770. The van der Waals surface area contributed by atoms with E-state index in [4.69, 9.17) is 5.26 Å². The third-order valence-corrected chi connectivity index (χ3v) is 3.10. The number of nitrogens with one attached hydrogen (secondary N) is 2. The summed E-state index contributed by atoms with van der Waals surface area (Å²) in [5.41, 5.74) is 1.79. The van der Waals surface area contributed by atoms with Gasteiger partial charge in [0, 0.05) is 39.1 Å². The standard InChI is InChI=1S/C16H19N5/c1-18-16(19-8-11-21-9-2-3-10-21)20-13-15-6-4-14(12-17)5-7-15/h2-7,9-10H,8,11,13H2,1H3,(H2,18,19,20). The van der Waals surface area contributed by atoms with E-state index in [1.165, 1.54) is 0 Å². The molecule has 1 aromatic heterocycles. The molecule has 0 unspecified atom stereocenters. The summed E-state index contributed by atoms with van der Waals surface area (Å²) < 4.78 is 2.11. The van der Waals surface area contributed by atoms with E-state index in [0.717, 1.165) is 24.6 Å². The van der Waals surface area contributed by atoms with Gasteiger partial charge in [-0.15, -0.1) is 0 Å². The first-order valence-electron chi connectivity index (χ1n) is 6.86. The fourth-order valence-corrected chi connectivity index (χ4v) is 1.93. The van der Waals surface area contributed by atoms with Gasteiger partial charge < -0.3 is 15.2 Å². The van der Waals surface area contributed by atoms with Crippen molar-refractivity contribution in [2.75, 3.05) is 13.6 Å². The molecule has 0 atom stereocenters. The van der Waals surface area contributed by atoms with Crippen molar-refractivity contribution in [3.63, 3.8) is 0 Å². The maximum absolute atomic E-state index is 8.76. The molecule has 0 radical (unpaired) electrons. The van der Waals surface area contributed by atoms with Crippen molar-refractivity contribution < 1.29 is 0 Å². The largest absolute Gasteiger partial charge is 0.355 e. The zero-order valence-electron chi connectivity index (χ0n) is 12.1. The lowest BCUT2D eigenvalue weighted by molar-refractivity contribution is 0.665. The van der Waals surface area contributed by atoms with Crippen molar-refractivity contribution in [3.05, 3.63) is 59.9 Å². The van der Waals surface area contributed by atoms with Crippen LogP contribution in [0, 0.1) is 11.3 Å². The van der Waals surface area contributed by atoms with Gasteiger partial charge in [0.2, 0.25) is 0 Å². The molecule has 108 valence electrons. The molecule has 5 nitrogen and oxygen atoms in total. The lowest BCUT2D eigenvalue weighted by atomic mass is 10.1. The summed E-state index contributed by atoms with van der Waals surface area (Å²) in [6.07, 6.45) is 4.07. The Morgan fingerprint density at radius 1 is 1.19 bits per heavy atom. The third kappa shape index (κ3) is 4.69. The summed E-state index contributed by atoms with van der Waals surface area (Å²) in [5, 5.41) is 15.3. The minimum absolute atomic E-state index is 0.674. The lowest BCUT2D eigenvalue weighted by Crippen LogP contribution is -2.38. The van der Waals surface area contributed by atoms with E-state index in [2.05, 4.69) is 26.3 Å². The third-order valence-electron chi connectivity index (χ3n) is 3.10. The minimum Gasteiger partial charge on any atom is -0.355 e. The van der Waals surface area contributed by atoms with Crippen LogP contribution in [0.25, 0.3) is 0 Å². The number of hydrogen-bond donors (Lipinski definition) is 2. The molecular formula is C16H19N5. The van der Waals surface area contributed by atoms with Crippen LogP contribution in [0.4, 0.5) is 0 Å². The molecule has 5 heteroatoms. The van der Waals surface area contributed by atoms with Crippen LogP contribution in [0.3, 0.4) is 0 Å². The van der Waals surface area contributed by atoms with E-state index >= 15 is 0 Å². The van der Waals surface area contributed by atoms with Crippen molar-refractivity contribution in [1.82, 2.24) is 15.2 Å². The van der Waals surface area contributed by atoms with Crippen LogP contribution in [-0.4, -0.2) is 24.1 Å². The number of nitriles is 1. The first-order chi connectivity index (χ1) is 10.3. The second-order valence-electron chi connectivity index (χ2n) is 4.58. The number of aromatic nitrogens is 1. The molecule has 0 saturated carbocycles. The van der Waals surface area contributed by atoms with Gasteiger partial charge in [0.05, 0.1) is 11.6 Å². The van der Waals surface area contributed by atoms with Crippen molar-refractivity contribution in [1.29, 1.82) is 5.26 Å². The minimum atomic E-state index is 0.674. The van der Waals surface area contributed by atoms with Gasteiger partial charge in [-0.05, 0) is 29.8 Å². The number of guanidine groups is 1. The summed E-state index contributed by atoms with van der Waals surface area (Å²) in [6, 6.07) is 13.7. The number of aliphatic imine (C=N–C) groups is 1. The predicted molar refractivity (Wildman–Crippen MR) is 83.8 cm³/mol. The lowest BCUT2D eigenvalue weighted by Gasteiger charge is -2.12. The average Bonchev–Trinajstić information content (AvgIpc) is 3.04. The number of hydrogen-bond acceptors (Lipinski definition) is 2. The highest BCUT2D eigenvalue weighted by Gasteiger charge is 1.98. The van der Waals surface area contributed by atoms with Crippen LogP contribution in [-0.2, 0) is 13.1 Å². The summed E-state index contributed by atoms with van der Waals surface area (Å²) in [6.45, 7) is 2.38. The Morgan fingerprint density at radius 2 is 1.90 bits per heavy atom. The van der Waals surface area contributed by atoms with Gasteiger partial charge in [0.15, 0.2) is 5.96 Å². The fraction of sp³-hybridized carbons (Fsp3) is 0.250. The quantitative estimate of drug-likeness (QED) is 0.648. The SMILES string of the molecule is CN=C(NCCn1cccc1)NCc1ccc(C#N)cc1. The number of nitrogens with zero attached hydrogens (tertiary/aromatic N) is 3. The molecule has 2 rings (SSSR count). The van der Waals surface area contributed by atoms with E-state index < -0.39 is 0 Å². The van der Waals surface area contributed by atoms with E-state index in [0.29, 0.717) is 12.1 Å². The van der Waals surface area contributed by atoms with Crippen LogP contribution < -0.4 is 10.6 Å². The summed E-state index contributed by atoms with van der Waals surface area (Å²) >= 11 is 0. The maximum atomic E-state index is 8.76. The molecule has 1 aromatic carbocycles. The van der Waals surface area contributed by atoms with Crippen molar-refractivity contribution in [2.24, 2.45) is 4.99 Å². The molecule has 0 bridgehead atoms. The Labute approximate surface area is 124 Å². The van der Waals surface area contributed by atoms with Crippen LogP contribution in [0.2, 0.25) is 0 Å². The van der Waals surface area contributed by atoms with Crippen molar-refractivity contribution in [2.45, 2.75) is 13.1 Å². The highest BCUT2D eigenvalue weighted by molar-refractivity contribution is 5.79. The molecule has 0 amide bonds. The highest BCUT2D eigenvalue weighted by atomic mass is 15.2. The van der Waals surface area contributed by atoms with E-state index in [9.17, 15) is 0 Å². The Morgan fingerprint density at radius 3 is 2.52 bits per heavy atom. The van der Waals surface area contributed by atoms with Gasteiger partial charge in [0.25, 0.3) is 0 Å². The first kappa shape index (κ1) is 14.7. The van der Waals surface area contributed by atoms with Gasteiger partial charge in [-0.1, -0.05) is 12.1 Å². The Hall–Kier alpha value is -2.74. The zero-order chi connectivity index (χ0) is 14.9. The molecule has 0 fully saturated rings. The summed E-state index contributed by atoms with van der Waals surface area (Å²) in [4.78, 5) is 4.19. The van der Waals surface area contributed by atoms with E-state index in [-0.39, 0.29) is 0 Å². The van der Waals surface area contributed by atoms with Crippen molar-refractivity contribution in [3.8, 4) is 6.07 Å². The molecule has 0 aliphatic rings. The molecule has 0 aliphatic heterocycles. The van der Waals surface area contributed by atoms with Gasteiger partial charge in [-0.25, -0.2) is 0 Å². The maximum Gasteiger partial charge on any atom is 0.191 e. The Balaban J connectivity index is 1.75. The molecular weight excluding hydrogens is 262 g/mol. The Kier molecular flexibility index (Phi) is 5.41. The van der Waals surface area contributed by atoms with Crippen molar-refractivity contribution >= 4 is 5.96 Å². The predicted octanol–water partition coefficient (Wildman–Crippen LogP) is 1.72. The van der Waals surface area contributed by atoms with Gasteiger partial charge >= 0.3 is 0 Å². The normalized spacial score (nSPS) is 11.0. The molecule has 0 saturated heterocycles. The fourth-order valence-electron chi connectivity index (χ4n) is 1.93. The van der Waals surface area contributed by atoms with Crippen LogP contribution in [0.5, 0.6) is 0 Å². The van der Waals surface area contributed by atoms with Gasteiger partial charge in [0.1, 0.15) is 0 Å². The smallest absolute Gasteiger partial charge is 0.191 e. The molecule has 2 N–H and O–H groups in total. The van der Waals surface area contributed by atoms with Gasteiger partial charge in [-0.2, -0.15) is 5.26 Å². The van der Waals surface area contributed by atoms with Gasteiger partial charge in [-0.3, -0.25) is 4.99 Å². The average molecular weight is 281 g/mol. The van der Waals surface area contributed by atoms with E-state index in [1.807, 2.05) is 48.8 Å². The monoisotopic (exact) mass is 281 g/mol. The van der Waals surface area contributed by atoms with Crippen LogP contribution in [0.1, 0.15) is 11.1 Å². The highest BCUT2D eigenvalue weighted by Crippen LogP contribution is 2.02. The molecule has 2 aromatic rings. The first-order valence-corrected chi connectivity index (χ1v) is 6.86. The summed E-state index contributed by atoms with van der Waals surface area (Å²) in [7, 11) is 1.75. The second-order valence-corrected chi connectivity index (χ2v) is 4.58. The van der Waals surface area contributed by atoms with E-state index in [1.54, 1.807) is 7.05 Å². The molecule has 1 heterocycles. The van der Waals surface area contributed by atoms with Crippen LogP contribution in [0.15, 0.2) is 53.8 Å². The number of benzene rings is 1. The second kappa shape index (κ2) is 7.75. The Bertz CT molecular complexity index is 605. The molecule has 0 spiro atoms. The van der Waals surface area contributed by atoms with Crippen LogP contribution >= 0.6 is 0 Å². The topological polar surface area (TPSA) is 65.1 Å². The zero-order valence-corrected chi connectivity index (χ0v) is 12.1. The molecule has 0 aliphatic carbocycles. The molecule has 21 heavy (non-hydrogen) atoms.